The molecule has 0 aromatic carbocycles. The molecule has 82 valence electrons. The Morgan fingerprint density at radius 3 is 2.43 bits per heavy atom. The monoisotopic (exact) mass is 201 g/mol. The summed E-state index contributed by atoms with van der Waals surface area (Å²) in [6.45, 7) is 1.75. The Morgan fingerprint density at radius 2 is 1.79 bits per heavy atom. The Morgan fingerprint density at radius 1 is 1.00 bits per heavy atom. The highest BCUT2D eigenvalue weighted by Crippen LogP contribution is 2.22. The van der Waals surface area contributed by atoms with Crippen molar-refractivity contribution in [1.29, 1.82) is 0 Å². The number of hydrogen-bond acceptors (Lipinski definition) is 2. The number of alkyl halides is 1. The summed E-state index contributed by atoms with van der Waals surface area (Å²) < 4.78 is 18.3. The first kappa shape index (κ1) is 10.4. The SMILES string of the molecule is F[C@H]1CC[C@H](N[C@H]2CCCOC2)CC1. The van der Waals surface area contributed by atoms with Crippen molar-refractivity contribution in [2.45, 2.75) is 56.8 Å². The molecule has 2 aliphatic rings. The fourth-order valence-corrected chi connectivity index (χ4v) is 2.42. The van der Waals surface area contributed by atoms with E-state index < -0.39 is 6.17 Å². The van der Waals surface area contributed by atoms with Crippen molar-refractivity contribution in [1.82, 2.24) is 5.32 Å². The molecule has 0 spiro atoms. The molecule has 0 radical (unpaired) electrons. The lowest BCUT2D eigenvalue weighted by molar-refractivity contribution is 0.0623. The maximum atomic E-state index is 12.9. The van der Waals surface area contributed by atoms with Gasteiger partial charge in [0.15, 0.2) is 0 Å². The van der Waals surface area contributed by atoms with Gasteiger partial charge in [-0.25, -0.2) is 4.39 Å². The van der Waals surface area contributed by atoms with Gasteiger partial charge >= 0.3 is 0 Å². The van der Waals surface area contributed by atoms with E-state index in [-0.39, 0.29) is 0 Å². The van der Waals surface area contributed by atoms with Crippen LogP contribution in [0.2, 0.25) is 0 Å². The number of halogens is 1. The minimum atomic E-state index is -0.546. The summed E-state index contributed by atoms with van der Waals surface area (Å²) in [6.07, 6.45) is 5.31. The molecule has 3 heteroatoms. The van der Waals surface area contributed by atoms with Crippen LogP contribution in [-0.2, 0) is 4.74 Å². The number of hydrogen-bond donors (Lipinski definition) is 1. The zero-order chi connectivity index (χ0) is 9.80. The molecule has 0 aromatic heterocycles. The maximum absolute atomic E-state index is 12.9. The molecule has 14 heavy (non-hydrogen) atoms. The minimum Gasteiger partial charge on any atom is -0.380 e. The van der Waals surface area contributed by atoms with Gasteiger partial charge in [0, 0.05) is 18.7 Å². The van der Waals surface area contributed by atoms with Crippen LogP contribution < -0.4 is 5.32 Å². The third-order valence-corrected chi connectivity index (χ3v) is 3.29. The van der Waals surface area contributed by atoms with Gasteiger partial charge in [-0.05, 0) is 38.5 Å². The highest BCUT2D eigenvalue weighted by molar-refractivity contribution is 4.81. The van der Waals surface area contributed by atoms with E-state index in [1.165, 1.54) is 6.42 Å². The second-order valence-corrected chi connectivity index (χ2v) is 4.53. The van der Waals surface area contributed by atoms with Crippen LogP contribution in [0.5, 0.6) is 0 Å². The Balaban J connectivity index is 1.68. The molecule has 1 aliphatic carbocycles. The number of nitrogens with one attached hydrogen (secondary N) is 1. The second kappa shape index (κ2) is 5.08. The van der Waals surface area contributed by atoms with Gasteiger partial charge in [-0.3, -0.25) is 0 Å². The number of ether oxygens (including phenoxy) is 1. The molecule has 2 nitrogen and oxygen atoms in total. The van der Waals surface area contributed by atoms with Gasteiger partial charge in [0.05, 0.1) is 6.61 Å². The third-order valence-electron chi connectivity index (χ3n) is 3.29. The van der Waals surface area contributed by atoms with Crippen LogP contribution in [0.15, 0.2) is 0 Å². The molecular formula is C11H20FNO. The molecule has 0 aromatic rings. The zero-order valence-corrected chi connectivity index (χ0v) is 8.68. The summed E-state index contributed by atoms with van der Waals surface area (Å²) in [5.74, 6) is 0. The lowest BCUT2D eigenvalue weighted by Gasteiger charge is -2.31. The Kier molecular flexibility index (Phi) is 3.76. The van der Waals surface area contributed by atoms with Gasteiger partial charge in [-0.1, -0.05) is 0 Å². The summed E-state index contributed by atoms with van der Waals surface area (Å²) in [5.41, 5.74) is 0. The van der Waals surface area contributed by atoms with Crippen molar-refractivity contribution >= 4 is 0 Å². The summed E-state index contributed by atoms with van der Waals surface area (Å²) >= 11 is 0. The molecule has 2 rings (SSSR count). The van der Waals surface area contributed by atoms with Gasteiger partial charge in [-0.15, -0.1) is 0 Å². The molecule has 1 N–H and O–H groups in total. The summed E-state index contributed by atoms with van der Waals surface area (Å²) in [4.78, 5) is 0. The predicted octanol–water partition coefficient (Wildman–Crippen LogP) is 2.04. The molecular weight excluding hydrogens is 181 g/mol. The molecule has 0 amide bonds. The van der Waals surface area contributed by atoms with Crippen molar-refractivity contribution in [3.8, 4) is 0 Å². The fourth-order valence-electron chi connectivity index (χ4n) is 2.42. The second-order valence-electron chi connectivity index (χ2n) is 4.53. The van der Waals surface area contributed by atoms with Crippen LogP contribution in [0.4, 0.5) is 4.39 Å². The van der Waals surface area contributed by atoms with Crippen molar-refractivity contribution in [2.24, 2.45) is 0 Å². The topological polar surface area (TPSA) is 21.3 Å². The highest BCUT2D eigenvalue weighted by atomic mass is 19.1. The smallest absolute Gasteiger partial charge is 0.100 e. The van der Waals surface area contributed by atoms with Crippen molar-refractivity contribution in [2.75, 3.05) is 13.2 Å². The Bertz CT molecular complexity index is 163. The lowest BCUT2D eigenvalue weighted by atomic mass is 9.93. The summed E-state index contributed by atoms with van der Waals surface area (Å²) in [6, 6.07) is 1.05. The quantitative estimate of drug-likeness (QED) is 0.738. The Labute approximate surface area is 85.2 Å². The lowest BCUT2D eigenvalue weighted by Crippen LogP contribution is -2.44. The van der Waals surface area contributed by atoms with Gasteiger partial charge in [0.1, 0.15) is 6.17 Å². The highest BCUT2D eigenvalue weighted by Gasteiger charge is 2.23. The molecule has 1 saturated carbocycles. The first-order chi connectivity index (χ1) is 6.84. The first-order valence-corrected chi connectivity index (χ1v) is 5.82. The zero-order valence-electron chi connectivity index (χ0n) is 8.68. The largest absolute Gasteiger partial charge is 0.380 e. The van der Waals surface area contributed by atoms with Gasteiger partial charge in [0.2, 0.25) is 0 Å². The van der Waals surface area contributed by atoms with Gasteiger partial charge in [0.25, 0.3) is 0 Å². The van der Waals surface area contributed by atoms with Crippen LogP contribution in [0.3, 0.4) is 0 Å². The first-order valence-electron chi connectivity index (χ1n) is 5.82. The molecule has 1 aliphatic heterocycles. The third kappa shape index (κ3) is 2.92. The van der Waals surface area contributed by atoms with E-state index >= 15 is 0 Å². The van der Waals surface area contributed by atoms with Gasteiger partial charge < -0.3 is 10.1 Å². The summed E-state index contributed by atoms with van der Waals surface area (Å²) in [5, 5.41) is 3.59. The number of rotatable bonds is 2. The van der Waals surface area contributed by atoms with E-state index in [4.69, 9.17) is 4.74 Å². The minimum absolute atomic E-state index is 0.518. The molecule has 2 fully saturated rings. The fraction of sp³-hybridized carbons (Fsp3) is 1.00. The normalized spacial score (nSPS) is 39.6. The van der Waals surface area contributed by atoms with E-state index in [2.05, 4.69) is 5.32 Å². The average Bonchev–Trinajstić information content (AvgIpc) is 2.23. The van der Waals surface area contributed by atoms with Crippen molar-refractivity contribution in [3.63, 3.8) is 0 Å². The average molecular weight is 201 g/mol. The maximum Gasteiger partial charge on any atom is 0.100 e. The van der Waals surface area contributed by atoms with Crippen LogP contribution >= 0.6 is 0 Å². The van der Waals surface area contributed by atoms with Crippen LogP contribution in [0, 0.1) is 0 Å². The van der Waals surface area contributed by atoms with Crippen LogP contribution in [0.1, 0.15) is 38.5 Å². The van der Waals surface area contributed by atoms with E-state index in [1.807, 2.05) is 0 Å². The molecule has 1 saturated heterocycles. The van der Waals surface area contributed by atoms with Gasteiger partial charge in [-0.2, -0.15) is 0 Å². The Hall–Kier alpha value is -0.150. The van der Waals surface area contributed by atoms with Crippen LogP contribution in [0.25, 0.3) is 0 Å². The predicted molar refractivity (Wildman–Crippen MR) is 54.1 cm³/mol. The van der Waals surface area contributed by atoms with Crippen molar-refractivity contribution < 1.29 is 9.13 Å². The van der Waals surface area contributed by atoms with E-state index in [0.717, 1.165) is 45.3 Å². The molecule has 1 atom stereocenters. The van der Waals surface area contributed by atoms with E-state index in [9.17, 15) is 4.39 Å². The van der Waals surface area contributed by atoms with E-state index in [1.54, 1.807) is 0 Å². The summed E-state index contributed by atoms with van der Waals surface area (Å²) in [7, 11) is 0. The molecule has 0 unspecified atom stereocenters. The molecule has 1 heterocycles. The standard InChI is InChI=1S/C11H20FNO/c12-9-3-5-10(6-4-9)13-11-2-1-7-14-8-11/h9-11,13H,1-8H2/t9-,10-,11-/m0/s1. The van der Waals surface area contributed by atoms with Crippen LogP contribution in [-0.4, -0.2) is 31.5 Å². The van der Waals surface area contributed by atoms with Crippen molar-refractivity contribution in [3.05, 3.63) is 0 Å². The van der Waals surface area contributed by atoms with E-state index in [0.29, 0.717) is 12.1 Å². The molecule has 0 bridgehead atoms.